The van der Waals surface area contributed by atoms with E-state index in [1.54, 1.807) is 72.4 Å². The standard InChI is InChI=1S/C40H42FN5O5Si/c1-26-37(52(3,4)41)36(21-22-45-24-34(43-44-45)32(25-47)27-11-7-5-8-12-27)51-40(26)33-23-29(42-38(48)28-15-18-31(50-2)19-16-28)17-20-35(33)46(39(40)49)30-13-9-6-10-14-30/h5-20,23-24,26,32,36-37,47H,21-22,25H2,1-4H3,(H,42,48)/t26-,32?,36+,37-,40+/m1/s1. The van der Waals surface area contributed by atoms with Crippen molar-refractivity contribution in [2.45, 2.75) is 56.1 Å². The van der Waals surface area contributed by atoms with Gasteiger partial charge in [0.1, 0.15) is 5.75 Å². The fourth-order valence-corrected chi connectivity index (χ4v) is 10.5. The summed E-state index contributed by atoms with van der Waals surface area (Å²) in [4.78, 5) is 29.9. The number of nitrogens with one attached hydrogen (secondary N) is 1. The maximum absolute atomic E-state index is 16.5. The molecule has 2 N–H and O–H groups in total. The van der Waals surface area contributed by atoms with Crippen LogP contribution in [0.3, 0.4) is 0 Å². The number of amides is 2. The lowest BCUT2D eigenvalue weighted by Crippen LogP contribution is -2.44. The van der Waals surface area contributed by atoms with Crippen molar-refractivity contribution in [3.8, 4) is 5.75 Å². The number of fused-ring (bicyclic) bond motifs is 2. The van der Waals surface area contributed by atoms with E-state index in [-0.39, 0.29) is 24.3 Å². The third kappa shape index (κ3) is 6.31. The van der Waals surface area contributed by atoms with Crippen LogP contribution in [0.5, 0.6) is 5.75 Å². The van der Waals surface area contributed by atoms with Crippen LogP contribution in [-0.4, -0.2) is 60.1 Å². The van der Waals surface area contributed by atoms with Crippen molar-refractivity contribution in [1.29, 1.82) is 0 Å². The smallest absolute Gasteiger partial charge is 0.268 e. The van der Waals surface area contributed by atoms with Crippen LogP contribution in [0.25, 0.3) is 0 Å². The second kappa shape index (κ2) is 14.1. The number of hydrogen-bond donors (Lipinski definition) is 2. The summed E-state index contributed by atoms with van der Waals surface area (Å²) in [6, 6.07) is 31.1. The number of aliphatic hydroxyl groups is 1. The molecule has 2 aliphatic heterocycles. The molecular formula is C40H42FN5O5Si. The van der Waals surface area contributed by atoms with Crippen molar-refractivity contribution < 1.29 is 28.3 Å². The van der Waals surface area contributed by atoms with Crippen molar-refractivity contribution in [2.24, 2.45) is 5.92 Å². The lowest BCUT2D eigenvalue weighted by Gasteiger charge is -2.31. The van der Waals surface area contributed by atoms with Crippen molar-refractivity contribution in [2.75, 3.05) is 23.9 Å². The van der Waals surface area contributed by atoms with Gasteiger partial charge in [-0.2, -0.15) is 0 Å². The molecule has 52 heavy (non-hydrogen) atoms. The molecule has 1 unspecified atom stereocenters. The Labute approximate surface area is 303 Å². The molecule has 1 saturated heterocycles. The number of nitrogens with zero attached hydrogens (tertiary/aromatic N) is 4. The number of aromatic nitrogens is 3. The summed E-state index contributed by atoms with van der Waals surface area (Å²) >= 11 is 0. The van der Waals surface area contributed by atoms with E-state index in [1.165, 1.54) is 0 Å². The highest BCUT2D eigenvalue weighted by Crippen LogP contribution is 2.61. The molecule has 2 amide bonds. The molecule has 7 rings (SSSR count). The van der Waals surface area contributed by atoms with E-state index in [2.05, 4.69) is 15.6 Å². The molecule has 3 heterocycles. The van der Waals surface area contributed by atoms with E-state index < -0.39 is 31.6 Å². The quantitative estimate of drug-likeness (QED) is 0.109. The Morgan fingerprint density at radius 3 is 2.38 bits per heavy atom. The van der Waals surface area contributed by atoms with Gasteiger partial charge in [-0.15, -0.1) is 5.10 Å². The van der Waals surface area contributed by atoms with Gasteiger partial charge in [-0.25, -0.2) is 0 Å². The average Bonchev–Trinajstić information content (AvgIpc) is 3.81. The van der Waals surface area contributed by atoms with Gasteiger partial charge in [0.25, 0.3) is 11.8 Å². The zero-order valence-electron chi connectivity index (χ0n) is 29.6. The maximum atomic E-state index is 16.5. The first-order valence-electron chi connectivity index (χ1n) is 17.5. The van der Waals surface area contributed by atoms with Crippen LogP contribution >= 0.6 is 0 Å². The predicted octanol–water partition coefficient (Wildman–Crippen LogP) is 7.21. The highest BCUT2D eigenvalue weighted by molar-refractivity contribution is 6.72. The van der Waals surface area contributed by atoms with Gasteiger partial charge in [0, 0.05) is 46.7 Å². The van der Waals surface area contributed by atoms with E-state index in [9.17, 15) is 14.7 Å². The SMILES string of the molecule is COc1ccc(C(=O)Nc2ccc3c(c2)[C@]2(O[C@@H](CCn4cc(C(CO)c5ccccc5)nn4)[C@H]([Si](C)(C)F)[C@H]2C)C(=O)N3c2ccccc2)cc1. The molecule has 0 saturated carbocycles. The summed E-state index contributed by atoms with van der Waals surface area (Å²) in [5.41, 5.74) is 2.34. The third-order valence-electron chi connectivity index (χ3n) is 10.4. The van der Waals surface area contributed by atoms with Crippen LogP contribution in [0.1, 0.15) is 46.4 Å². The average molecular weight is 720 g/mol. The van der Waals surface area contributed by atoms with Crippen LogP contribution in [0.15, 0.2) is 109 Å². The van der Waals surface area contributed by atoms with Crippen molar-refractivity contribution in [3.05, 3.63) is 132 Å². The number of rotatable bonds is 11. The molecule has 0 radical (unpaired) electrons. The molecule has 1 spiro atoms. The lowest BCUT2D eigenvalue weighted by atomic mass is 9.82. The molecule has 2 aliphatic rings. The van der Waals surface area contributed by atoms with Gasteiger partial charge in [-0.1, -0.05) is 60.7 Å². The molecule has 0 bridgehead atoms. The number of para-hydroxylation sites is 1. The summed E-state index contributed by atoms with van der Waals surface area (Å²) in [7, 11) is -1.88. The lowest BCUT2D eigenvalue weighted by molar-refractivity contribution is -0.145. The number of ether oxygens (including phenoxy) is 2. The van der Waals surface area contributed by atoms with Gasteiger partial charge >= 0.3 is 0 Å². The van der Waals surface area contributed by atoms with Gasteiger partial charge in [-0.05, 0) is 79.7 Å². The van der Waals surface area contributed by atoms with Crippen molar-refractivity contribution >= 4 is 37.3 Å². The van der Waals surface area contributed by atoms with Gasteiger partial charge in [0.2, 0.25) is 8.41 Å². The molecule has 1 aromatic heterocycles. The highest BCUT2D eigenvalue weighted by Gasteiger charge is 2.67. The highest BCUT2D eigenvalue weighted by atomic mass is 28.4. The van der Waals surface area contributed by atoms with Gasteiger partial charge < -0.3 is 24.0 Å². The van der Waals surface area contributed by atoms with Gasteiger partial charge in [-0.3, -0.25) is 19.2 Å². The van der Waals surface area contributed by atoms with Gasteiger partial charge in [0.05, 0.1) is 37.1 Å². The molecule has 12 heteroatoms. The Balaban J connectivity index is 1.22. The third-order valence-corrected chi connectivity index (χ3v) is 12.9. The predicted molar refractivity (Wildman–Crippen MR) is 199 cm³/mol. The summed E-state index contributed by atoms with van der Waals surface area (Å²) in [5.74, 6) is -0.835. The Bertz CT molecular complexity index is 2060. The number of aliphatic hydroxyl groups excluding tert-OH is 1. The zero-order chi connectivity index (χ0) is 36.6. The Morgan fingerprint density at radius 2 is 1.73 bits per heavy atom. The van der Waals surface area contributed by atoms with Crippen LogP contribution in [-0.2, 0) is 21.7 Å². The summed E-state index contributed by atoms with van der Waals surface area (Å²) < 4.78 is 30.4. The van der Waals surface area contributed by atoms with E-state index >= 15 is 4.11 Å². The van der Waals surface area contributed by atoms with Crippen molar-refractivity contribution in [1.82, 2.24) is 15.0 Å². The largest absolute Gasteiger partial charge is 0.497 e. The van der Waals surface area contributed by atoms with Crippen LogP contribution in [0.2, 0.25) is 18.6 Å². The minimum atomic E-state index is -3.44. The summed E-state index contributed by atoms with van der Waals surface area (Å²) in [6.45, 7) is 5.50. The zero-order valence-corrected chi connectivity index (χ0v) is 30.6. The molecule has 5 atom stereocenters. The van der Waals surface area contributed by atoms with E-state index in [4.69, 9.17) is 9.47 Å². The summed E-state index contributed by atoms with van der Waals surface area (Å²) in [6.07, 6.45) is 1.58. The number of hydrogen-bond acceptors (Lipinski definition) is 7. The molecule has 5 aromatic rings. The first-order chi connectivity index (χ1) is 25.0. The normalized spacial score (nSPS) is 21.7. The van der Waals surface area contributed by atoms with E-state index in [1.807, 2.05) is 73.7 Å². The number of anilines is 3. The van der Waals surface area contributed by atoms with E-state index in [0.717, 1.165) is 5.56 Å². The Morgan fingerprint density at radius 1 is 1.04 bits per heavy atom. The number of halogens is 1. The minimum Gasteiger partial charge on any atom is -0.497 e. The second-order valence-corrected chi connectivity index (χ2v) is 17.8. The van der Waals surface area contributed by atoms with Crippen LogP contribution < -0.4 is 15.0 Å². The number of methoxy groups -OCH3 is 1. The first kappa shape index (κ1) is 35.2. The van der Waals surface area contributed by atoms with Crippen LogP contribution in [0.4, 0.5) is 21.2 Å². The number of benzene rings is 4. The van der Waals surface area contributed by atoms with Crippen LogP contribution in [0, 0.1) is 5.92 Å². The van der Waals surface area contributed by atoms with Crippen molar-refractivity contribution in [3.63, 3.8) is 0 Å². The molecule has 1 fully saturated rings. The maximum Gasteiger partial charge on any atom is 0.268 e. The molecular weight excluding hydrogens is 678 g/mol. The first-order valence-corrected chi connectivity index (χ1v) is 20.4. The molecule has 10 nitrogen and oxygen atoms in total. The molecule has 4 aromatic carbocycles. The molecule has 0 aliphatic carbocycles. The number of carbonyl (C=O) groups is 2. The summed E-state index contributed by atoms with van der Waals surface area (Å²) in [5, 5.41) is 21.8. The fourth-order valence-electron chi connectivity index (χ4n) is 8.00. The molecule has 268 valence electrons. The Kier molecular flexibility index (Phi) is 9.55. The number of aryl methyl sites for hydroxylation is 1. The Hall–Kier alpha value is -5.17. The van der Waals surface area contributed by atoms with Gasteiger partial charge in [0.15, 0.2) is 5.60 Å². The fraction of sp³-hybridized carbons (Fsp3) is 0.300. The van der Waals surface area contributed by atoms with E-state index in [0.29, 0.717) is 52.6 Å². The second-order valence-electron chi connectivity index (χ2n) is 14.0. The number of carbonyl (C=O) groups excluding carboxylic acids is 2. The monoisotopic (exact) mass is 719 g/mol. The topological polar surface area (TPSA) is 119 Å². The minimum absolute atomic E-state index is 0.125.